The molecule has 1 aromatic carbocycles. The van der Waals surface area contributed by atoms with Gasteiger partial charge in [0, 0.05) is 26.2 Å². The van der Waals surface area contributed by atoms with Crippen molar-refractivity contribution in [1.29, 1.82) is 0 Å². The van der Waals surface area contributed by atoms with Crippen LogP contribution in [-0.2, 0) is 4.79 Å². The van der Waals surface area contributed by atoms with E-state index in [0.717, 1.165) is 43.1 Å². The SMILES string of the molecule is C=CC(=O)Nc1cc(C)ccc1N1CCN(C)CC1. The first-order valence-electron chi connectivity index (χ1n) is 6.57. The highest BCUT2D eigenvalue weighted by Gasteiger charge is 2.17. The predicted molar refractivity (Wildman–Crippen MR) is 79.7 cm³/mol. The average Bonchev–Trinajstić information content (AvgIpc) is 2.40. The summed E-state index contributed by atoms with van der Waals surface area (Å²) in [5.41, 5.74) is 3.10. The number of piperazine rings is 1. The standard InChI is InChI=1S/C15H21N3O/c1-4-15(19)16-13-11-12(2)5-6-14(13)18-9-7-17(3)8-10-18/h4-6,11H,1,7-10H2,2-3H3,(H,16,19). The molecule has 1 aliphatic heterocycles. The molecule has 0 atom stereocenters. The Balaban J connectivity index is 2.23. The van der Waals surface area contributed by atoms with Gasteiger partial charge in [-0.25, -0.2) is 0 Å². The summed E-state index contributed by atoms with van der Waals surface area (Å²) < 4.78 is 0. The molecule has 0 radical (unpaired) electrons. The van der Waals surface area contributed by atoms with E-state index in [9.17, 15) is 4.79 Å². The van der Waals surface area contributed by atoms with E-state index in [4.69, 9.17) is 0 Å². The number of likely N-dealkylation sites (N-methyl/N-ethyl adjacent to an activating group) is 1. The summed E-state index contributed by atoms with van der Waals surface area (Å²) in [4.78, 5) is 16.2. The first-order valence-corrected chi connectivity index (χ1v) is 6.57. The summed E-state index contributed by atoms with van der Waals surface area (Å²) in [6.07, 6.45) is 1.30. The zero-order chi connectivity index (χ0) is 13.8. The van der Waals surface area contributed by atoms with Crippen LogP contribution in [0.1, 0.15) is 5.56 Å². The van der Waals surface area contributed by atoms with Crippen molar-refractivity contribution in [2.75, 3.05) is 43.4 Å². The normalized spacial score (nSPS) is 16.2. The second-order valence-corrected chi connectivity index (χ2v) is 5.00. The molecular weight excluding hydrogens is 238 g/mol. The van der Waals surface area contributed by atoms with Gasteiger partial charge in [-0.2, -0.15) is 0 Å². The van der Waals surface area contributed by atoms with Gasteiger partial charge < -0.3 is 15.1 Å². The van der Waals surface area contributed by atoms with Crippen molar-refractivity contribution >= 4 is 17.3 Å². The molecule has 1 N–H and O–H groups in total. The van der Waals surface area contributed by atoms with E-state index in [1.165, 1.54) is 6.08 Å². The highest BCUT2D eigenvalue weighted by atomic mass is 16.1. The van der Waals surface area contributed by atoms with Gasteiger partial charge in [0.1, 0.15) is 0 Å². The summed E-state index contributed by atoms with van der Waals surface area (Å²) in [7, 11) is 2.13. The quantitative estimate of drug-likeness (QED) is 0.842. The molecule has 0 unspecified atom stereocenters. The van der Waals surface area contributed by atoms with Gasteiger partial charge >= 0.3 is 0 Å². The first kappa shape index (κ1) is 13.6. The third kappa shape index (κ3) is 3.35. The van der Waals surface area contributed by atoms with Crippen molar-refractivity contribution in [1.82, 2.24) is 4.90 Å². The molecule has 1 heterocycles. The fraction of sp³-hybridized carbons (Fsp3) is 0.400. The topological polar surface area (TPSA) is 35.6 Å². The summed E-state index contributed by atoms with van der Waals surface area (Å²) in [5, 5.41) is 2.90. The fourth-order valence-electron chi connectivity index (χ4n) is 2.26. The molecule has 0 spiro atoms. The van der Waals surface area contributed by atoms with Crippen LogP contribution < -0.4 is 10.2 Å². The lowest BCUT2D eigenvalue weighted by Crippen LogP contribution is -2.44. The third-order valence-corrected chi connectivity index (χ3v) is 3.44. The van der Waals surface area contributed by atoms with Gasteiger partial charge in [0.2, 0.25) is 5.91 Å². The minimum absolute atomic E-state index is 0.166. The molecule has 1 aliphatic rings. The van der Waals surface area contributed by atoms with Gasteiger partial charge in [-0.3, -0.25) is 4.79 Å². The minimum Gasteiger partial charge on any atom is -0.367 e. The number of carbonyl (C=O) groups is 1. The van der Waals surface area contributed by atoms with Gasteiger partial charge in [0.25, 0.3) is 0 Å². The lowest BCUT2D eigenvalue weighted by molar-refractivity contribution is -0.111. The predicted octanol–water partition coefficient (Wildman–Crippen LogP) is 1.87. The van der Waals surface area contributed by atoms with E-state index < -0.39 is 0 Å². The average molecular weight is 259 g/mol. The number of amides is 1. The highest BCUT2D eigenvalue weighted by Crippen LogP contribution is 2.28. The van der Waals surface area contributed by atoms with Crippen LogP contribution >= 0.6 is 0 Å². The van der Waals surface area contributed by atoms with Crippen LogP contribution in [0.4, 0.5) is 11.4 Å². The molecule has 4 nitrogen and oxygen atoms in total. The summed E-state index contributed by atoms with van der Waals surface area (Å²) in [6.45, 7) is 9.58. The Bertz CT molecular complexity index is 476. The van der Waals surface area contributed by atoms with Crippen molar-refractivity contribution < 1.29 is 4.79 Å². The Morgan fingerprint density at radius 3 is 2.63 bits per heavy atom. The maximum Gasteiger partial charge on any atom is 0.247 e. The summed E-state index contributed by atoms with van der Waals surface area (Å²) in [5.74, 6) is -0.166. The number of anilines is 2. The monoisotopic (exact) mass is 259 g/mol. The van der Waals surface area contributed by atoms with Crippen LogP contribution in [0.5, 0.6) is 0 Å². The summed E-state index contributed by atoms with van der Waals surface area (Å²) >= 11 is 0. The van der Waals surface area contributed by atoms with Crippen LogP contribution in [0, 0.1) is 6.92 Å². The molecule has 0 aromatic heterocycles. The van der Waals surface area contributed by atoms with Crippen molar-refractivity contribution in [3.8, 4) is 0 Å². The molecule has 4 heteroatoms. The van der Waals surface area contributed by atoms with Crippen molar-refractivity contribution in [2.24, 2.45) is 0 Å². The van der Waals surface area contributed by atoms with Gasteiger partial charge in [0.15, 0.2) is 0 Å². The molecule has 102 valence electrons. The zero-order valence-corrected chi connectivity index (χ0v) is 11.6. The van der Waals surface area contributed by atoms with Crippen LogP contribution in [0.25, 0.3) is 0 Å². The number of hydrogen-bond acceptors (Lipinski definition) is 3. The molecule has 1 amide bonds. The molecule has 1 aromatic rings. The zero-order valence-electron chi connectivity index (χ0n) is 11.6. The first-order chi connectivity index (χ1) is 9.10. The summed E-state index contributed by atoms with van der Waals surface area (Å²) in [6, 6.07) is 6.17. The van der Waals surface area contributed by atoms with E-state index in [1.54, 1.807) is 0 Å². The Labute approximate surface area is 114 Å². The maximum absolute atomic E-state index is 11.5. The highest BCUT2D eigenvalue weighted by molar-refractivity contribution is 6.01. The molecule has 1 saturated heterocycles. The Hall–Kier alpha value is -1.81. The van der Waals surface area contributed by atoms with Gasteiger partial charge in [0.05, 0.1) is 11.4 Å². The molecule has 1 fully saturated rings. The number of rotatable bonds is 3. The number of carbonyl (C=O) groups excluding carboxylic acids is 1. The number of hydrogen-bond donors (Lipinski definition) is 1. The Morgan fingerprint density at radius 1 is 1.32 bits per heavy atom. The van der Waals surface area contributed by atoms with Crippen molar-refractivity contribution in [3.05, 3.63) is 36.4 Å². The van der Waals surface area contributed by atoms with E-state index in [-0.39, 0.29) is 5.91 Å². The second kappa shape index (κ2) is 5.89. The number of benzene rings is 1. The van der Waals surface area contributed by atoms with Crippen molar-refractivity contribution in [2.45, 2.75) is 6.92 Å². The molecule has 0 bridgehead atoms. The lowest BCUT2D eigenvalue weighted by Gasteiger charge is -2.35. The Kier molecular flexibility index (Phi) is 4.22. The minimum atomic E-state index is -0.166. The maximum atomic E-state index is 11.5. The molecule has 0 aliphatic carbocycles. The second-order valence-electron chi connectivity index (χ2n) is 5.00. The lowest BCUT2D eigenvalue weighted by atomic mass is 10.1. The molecule has 0 saturated carbocycles. The van der Waals surface area contributed by atoms with Crippen LogP contribution in [-0.4, -0.2) is 44.0 Å². The van der Waals surface area contributed by atoms with E-state index in [1.807, 2.05) is 13.0 Å². The van der Waals surface area contributed by atoms with Crippen molar-refractivity contribution in [3.63, 3.8) is 0 Å². The fourth-order valence-corrected chi connectivity index (χ4v) is 2.26. The number of nitrogens with zero attached hydrogens (tertiary/aromatic N) is 2. The van der Waals surface area contributed by atoms with Gasteiger partial charge in [-0.05, 0) is 37.7 Å². The number of nitrogens with one attached hydrogen (secondary N) is 1. The van der Waals surface area contributed by atoms with Crippen LogP contribution in [0.2, 0.25) is 0 Å². The van der Waals surface area contributed by atoms with E-state index in [2.05, 4.69) is 40.9 Å². The molecular formula is C15H21N3O. The molecule has 19 heavy (non-hydrogen) atoms. The van der Waals surface area contributed by atoms with Gasteiger partial charge in [-0.15, -0.1) is 0 Å². The number of aryl methyl sites for hydroxylation is 1. The third-order valence-electron chi connectivity index (χ3n) is 3.44. The smallest absolute Gasteiger partial charge is 0.247 e. The van der Waals surface area contributed by atoms with Crippen LogP contribution in [0.15, 0.2) is 30.9 Å². The molecule has 2 rings (SSSR count). The van der Waals surface area contributed by atoms with E-state index >= 15 is 0 Å². The van der Waals surface area contributed by atoms with E-state index in [0.29, 0.717) is 0 Å². The largest absolute Gasteiger partial charge is 0.367 e. The van der Waals surface area contributed by atoms with Crippen LogP contribution in [0.3, 0.4) is 0 Å². The Morgan fingerprint density at radius 2 is 2.00 bits per heavy atom. The van der Waals surface area contributed by atoms with Gasteiger partial charge in [-0.1, -0.05) is 12.6 Å².